The maximum atomic E-state index is 13.9. The Labute approximate surface area is 232 Å². The van der Waals surface area contributed by atoms with Gasteiger partial charge in [0, 0.05) is 23.4 Å². The number of hydrogen-bond acceptors (Lipinski definition) is 9. The zero-order valence-corrected chi connectivity index (χ0v) is 22.9. The molecule has 216 valence electrons. The molecule has 2 aromatic heterocycles. The SMILES string of the molecule is CCOC(=O)CNc1nc(C)ncc1Cn1c(C)nc(OCc2ccc(F)cc2F)c(Br)c1=O.O=CC(F)(F)F. The monoisotopic (exact) mass is 635 g/mol. The average molecular weight is 636 g/mol. The first kappa shape index (κ1) is 32.3. The number of nitrogens with zero attached hydrogens (tertiary/aromatic N) is 4. The van der Waals surface area contributed by atoms with E-state index >= 15 is 0 Å². The van der Waals surface area contributed by atoms with Crippen molar-refractivity contribution in [1.29, 1.82) is 0 Å². The summed E-state index contributed by atoms with van der Waals surface area (Å²) >= 11 is 3.20. The normalized spacial score (nSPS) is 10.8. The van der Waals surface area contributed by atoms with E-state index in [4.69, 9.17) is 14.3 Å². The molecule has 0 aliphatic rings. The van der Waals surface area contributed by atoms with Crippen LogP contribution in [0.4, 0.5) is 27.8 Å². The van der Waals surface area contributed by atoms with Gasteiger partial charge in [-0.3, -0.25) is 19.0 Å². The van der Waals surface area contributed by atoms with Gasteiger partial charge in [0.05, 0.1) is 13.2 Å². The number of hydrogen-bond donors (Lipinski definition) is 1. The van der Waals surface area contributed by atoms with Crippen molar-refractivity contribution < 1.29 is 41.0 Å². The van der Waals surface area contributed by atoms with E-state index in [0.29, 0.717) is 23.0 Å². The van der Waals surface area contributed by atoms with Crippen molar-refractivity contribution in [3.8, 4) is 5.88 Å². The Morgan fingerprint density at radius 1 is 1.18 bits per heavy atom. The van der Waals surface area contributed by atoms with E-state index in [9.17, 15) is 31.5 Å². The number of aryl methyl sites for hydroxylation is 2. The molecular weight excluding hydrogens is 613 g/mol. The molecule has 0 spiro atoms. The Kier molecular flexibility index (Phi) is 11.6. The number of rotatable bonds is 9. The fraction of sp³-hybridized carbons (Fsp3) is 0.333. The fourth-order valence-corrected chi connectivity index (χ4v) is 3.40. The quantitative estimate of drug-likeness (QED) is 0.211. The second kappa shape index (κ2) is 14.4. The van der Waals surface area contributed by atoms with Crippen LogP contribution in [0.15, 0.2) is 33.7 Å². The van der Waals surface area contributed by atoms with Crippen LogP contribution in [-0.4, -0.2) is 51.1 Å². The second-order valence-electron chi connectivity index (χ2n) is 7.80. The molecule has 0 bridgehead atoms. The van der Waals surface area contributed by atoms with Crippen molar-refractivity contribution >= 4 is 34.0 Å². The third-order valence-electron chi connectivity index (χ3n) is 4.81. The highest BCUT2D eigenvalue weighted by atomic mass is 79.9. The molecule has 0 unspecified atom stereocenters. The number of nitrogens with one attached hydrogen (secondary N) is 1. The summed E-state index contributed by atoms with van der Waals surface area (Å²) in [5.41, 5.74) is 0.223. The van der Waals surface area contributed by atoms with Gasteiger partial charge in [0.1, 0.15) is 46.7 Å². The van der Waals surface area contributed by atoms with Crippen molar-refractivity contribution in [3.05, 3.63) is 73.6 Å². The molecule has 0 saturated carbocycles. The number of alkyl halides is 3. The van der Waals surface area contributed by atoms with Gasteiger partial charge < -0.3 is 14.8 Å². The Morgan fingerprint density at radius 2 is 1.85 bits per heavy atom. The standard InChI is InChI=1S/C22H22BrF2N5O4.C2HF3O/c1-4-33-18(31)9-27-20-15(8-26-12(2)28-20)10-30-13(3)29-21(19(23)22(30)32)34-11-14-5-6-16(24)7-17(14)25;3-2(4,5)1-6/h5-8H,4,9-11H2,1-3H3,(H,26,27,28);1H. The molecule has 0 radical (unpaired) electrons. The Morgan fingerprint density at radius 3 is 2.45 bits per heavy atom. The van der Waals surface area contributed by atoms with Gasteiger partial charge in [-0.15, -0.1) is 0 Å². The molecule has 0 fully saturated rings. The van der Waals surface area contributed by atoms with E-state index in [2.05, 4.69) is 36.2 Å². The van der Waals surface area contributed by atoms with Crippen LogP contribution in [0.2, 0.25) is 0 Å². The van der Waals surface area contributed by atoms with Crippen LogP contribution in [0.1, 0.15) is 29.7 Å². The molecule has 0 aliphatic heterocycles. The van der Waals surface area contributed by atoms with Crippen molar-refractivity contribution in [2.45, 2.75) is 40.1 Å². The first-order valence-corrected chi connectivity index (χ1v) is 12.1. The maximum Gasteiger partial charge on any atom is 0.446 e. The number of aromatic nitrogens is 4. The zero-order chi connectivity index (χ0) is 30.0. The van der Waals surface area contributed by atoms with E-state index in [1.807, 2.05) is 0 Å². The number of anilines is 1. The van der Waals surface area contributed by atoms with Crippen LogP contribution in [0, 0.1) is 25.5 Å². The van der Waals surface area contributed by atoms with Crippen LogP contribution in [0.3, 0.4) is 0 Å². The predicted molar refractivity (Wildman–Crippen MR) is 135 cm³/mol. The molecule has 0 atom stereocenters. The largest absolute Gasteiger partial charge is 0.472 e. The van der Waals surface area contributed by atoms with E-state index in [1.165, 1.54) is 10.6 Å². The lowest BCUT2D eigenvalue weighted by Crippen LogP contribution is -2.27. The first-order valence-electron chi connectivity index (χ1n) is 11.3. The lowest BCUT2D eigenvalue weighted by atomic mass is 10.2. The molecule has 3 rings (SSSR count). The molecule has 2 heterocycles. The molecule has 3 aromatic rings. The van der Waals surface area contributed by atoms with Crippen LogP contribution in [0.25, 0.3) is 0 Å². The number of esters is 1. The summed E-state index contributed by atoms with van der Waals surface area (Å²) in [6.07, 6.45) is -4.15. The molecular formula is C24H23BrF5N5O5. The van der Waals surface area contributed by atoms with Gasteiger partial charge >= 0.3 is 12.1 Å². The minimum Gasteiger partial charge on any atom is -0.472 e. The molecule has 1 N–H and O–H groups in total. The van der Waals surface area contributed by atoms with Gasteiger partial charge in [0.2, 0.25) is 12.2 Å². The van der Waals surface area contributed by atoms with Crippen molar-refractivity contribution in [2.75, 3.05) is 18.5 Å². The summed E-state index contributed by atoms with van der Waals surface area (Å²) in [5, 5.41) is 2.91. The summed E-state index contributed by atoms with van der Waals surface area (Å²) in [5.74, 6) is -0.742. The average Bonchev–Trinajstić information content (AvgIpc) is 2.88. The predicted octanol–water partition coefficient (Wildman–Crippen LogP) is 4.04. The Hall–Kier alpha value is -3.95. The molecule has 0 saturated heterocycles. The lowest BCUT2D eigenvalue weighted by molar-refractivity contribution is -0.156. The minimum atomic E-state index is -4.64. The van der Waals surface area contributed by atoms with Gasteiger partial charge in [-0.2, -0.15) is 18.2 Å². The highest BCUT2D eigenvalue weighted by Crippen LogP contribution is 2.22. The lowest BCUT2D eigenvalue weighted by Gasteiger charge is -2.16. The van der Waals surface area contributed by atoms with Gasteiger partial charge in [0.25, 0.3) is 5.56 Å². The summed E-state index contributed by atoms with van der Waals surface area (Å²) in [4.78, 5) is 46.2. The summed E-state index contributed by atoms with van der Waals surface area (Å²) in [6.45, 7) is 5.00. The summed E-state index contributed by atoms with van der Waals surface area (Å²) in [7, 11) is 0. The molecule has 1 aromatic carbocycles. The number of aldehydes is 1. The highest BCUT2D eigenvalue weighted by molar-refractivity contribution is 9.10. The number of benzene rings is 1. The van der Waals surface area contributed by atoms with Gasteiger partial charge in [-0.05, 0) is 48.8 Å². The third-order valence-corrected chi connectivity index (χ3v) is 5.49. The third kappa shape index (κ3) is 9.66. The molecule has 0 aliphatic carbocycles. The van der Waals surface area contributed by atoms with Crippen molar-refractivity contribution in [2.24, 2.45) is 0 Å². The van der Waals surface area contributed by atoms with Gasteiger partial charge in [-0.1, -0.05) is 0 Å². The Balaban J connectivity index is 0.000000840. The van der Waals surface area contributed by atoms with E-state index in [-0.39, 0.29) is 42.2 Å². The van der Waals surface area contributed by atoms with Crippen molar-refractivity contribution in [3.63, 3.8) is 0 Å². The number of carbonyl (C=O) groups excluding carboxylic acids is 2. The minimum absolute atomic E-state index is 0.0247. The Bertz CT molecular complexity index is 1420. The summed E-state index contributed by atoms with van der Waals surface area (Å²) < 4.78 is 70.1. The van der Waals surface area contributed by atoms with Crippen LogP contribution in [0.5, 0.6) is 5.88 Å². The van der Waals surface area contributed by atoms with Crippen LogP contribution < -0.4 is 15.6 Å². The topological polar surface area (TPSA) is 125 Å². The fourth-order valence-electron chi connectivity index (χ4n) is 2.98. The van der Waals surface area contributed by atoms with Crippen molar-refractivity contribution in [1.82, 2.24) is 19.5 Å². The highest BCUT2D eigenvalue weighted by Gasteiger charge is 2.25. The van der Waals surface area contributed by atoms with Crippen LogP contribution in [-0.2, 0) is 27.5 Å². The number of carbonyl (C=O) groups is 2. The smallest absolute Gasteiger partial charge is 0.446 e. The number of ether oxygens (including phenoxy) is 2. The molecule has 16 heteroatoms. The van der Waals surface area contributed by atoms with Gasteiger partial charge in [0.15, 0.2) is 0 Å². The molecule has 0 amide bonds. The van der Waals surface area contributed by atoms with Crippen LogP contribution >= 0.6 is 15.9 Å². The van der Waals surface area contributed by atoms with E-state index in [1.54, 1.807) is 27.0 Å². The zero-order valence-electron chi connectivity index (χ0n) is 21.3. The summed E-state index contributed by atoms with van der Waals surface area (Å²) in [6, 6.07) is 3.13. The maximum absolute atomic E-state index is 13.9. The van der Waals surface area contributed by atoms with E-state index in [0.717, 1.165) is 12.1 Å². The molecule has 40 heavy (non-hydrogen) atoms. The number of halogens is 6. The first-order chi connectivity index (χ1) is 18.7. The second-order valence-corrected chi connectivity index (χ2v) is 8.60. The van der Waals surface area contributed by atoms with E-state index < -0.39 is 35.6 Å². The molecule has 10 nitrogen and oxygen atoms in total. The van der Waals surface area contributed by atoms with Gasteiger partial charge in [-0.25, -0.2) is 18.7 Å².